The highest BCUT2D eigenvalue weighted by molar-refractivity contribution is 5.95. The molecule has 2 aromatic rings. The highest BCUT2D eigenvalue weighted by Crippen LogP contribution is 2.15. The molecule has 1 aromatic heterocycles. The minimum absolute atomic E-state index is 0.0165. The molecule has 0 saturated carbocycles. The monoisotopic (exact) mass is 356 g/mol. The SMILES string of the molecule is CCn1ccc(C(=O)N2CCCN(C(=O)c3ccc(OC)cc3)CC2)n1. The van der Waals surface area contributed by atoms with Gasteiger partial charge in [-0.15, -0.1) is 0 Å². The van der Waals surface area contributed by atoms with Crippen LogP contribution in [0.1, 0.15) is 34.2 Å². The van der Waals surface area contributed by atoms with Gasteiger partial charge in [-0.05, 0) is 43.7 Å². The van der Waals surface area contributed by atoms with Crippen molar-refractivity contribution in [3.8, 4) is 5.75 Å². The molecule has 0 spiro atoms. The van der Waals surface area contributed by atoms with E-state index in [1.807, 2.05) is 13.1 Å². The van der Waals surface area contributed by atoms with Crippen LogP contribution < -0.4 is 4.74 Å². The smallest absolute Gasteiger partial charge is 0.274 e. The van der Waals surface area contributed by atoms with Crippen molar-refractivity contribution in [2.45, 2.75) is 19.9 Å². The number of carbonyl (C=O) groups excluding carboxylic acids is 2. The van der Waals surface area contributed by atoms with Crippen LogP contribution in [0.25, 0.3) is 0 Å². The molecule has 0 radical (unpaired) electrons. The Hall–Kier alpha value is -2.83. The fourth-order valence-electron chi connectivity index (χ4n) is 3.05. The summed E-state index contributed by atoms with van der Waals surface area (Å²) in [4.78, 5) is 28.9. The molecular weight excluding hydrogens is 332 g/mol. The van der Waals surface area contributed by atoms with Crippen LogP contribution in [0.15, 0.2) is 36.5 Å². The molecule has 0 atom stereocenters. The molecule has 0 N–H and O–H groups in total. The van der Waals surface area contributed by atoms with Crippen molar-refractivity contribution in [3.05, 3.63) is 47.8 Å². The number of ether oxygens (including phenoxy) is 1. The maximum absolute atomic E-state index is 12.7. The molecule has 0 aliphatic carbocycles. The van der Waals surface area contributed by atoms with Crippen LogP contribution in [0.3, 0.4) is 0 Å². The third-order valence-corrected chi connectivity index (χ3v) is 4.59. The second-order valence-electron chi connectivity index (χ2n) is 6.22. The zero-order valence-corrected chi connectivity index (χ0v) is 15.2. The summed E-state index contributed by atoms with van der Waals surface area (Å²) in [6.45, 7) is 5.01. The first-order valence-corrected chi connectivity index (χ1v) is 8.88. The predicted molar refractivity (Wildman–Crippen MR) is 97.3 cm³/mol. The normalized spacial score (nSPS) is 14.8. The van der Waals surface area contributed by atoms with Crippen molar-refractivity contribution in [1.29, 1.82) is 0 Å². The Morgan fingerprint density at radius 2 is 1.65 bits per heavy atom. The lowest BCUT2D eigenvalue weighted by Crippen LogP contribution is -2.37. The molecule has 3 rings (SSSR count). The number of hydrogen-bond donors (Lipinski definition) is 0. The Morgan fingerprint density at radius 3 is 2.23 bits per heavy atom. The van der Waals surface area contributed by atoms with E-state index in [0.717, 1.165) is 18.7 Å². The largest absolute Gasteiger partial charge is 0.497 e. The van der Waals surface area contributed by atoms with Crippen molar-refractivity contribution in [3.63, 3.8) is 0 Å². The summed E-state index contributed by atoms with van der Waals surface area (Å²) in [7, 11) is 1.60. The van der Waals surface area contributed by atoms with Crippen LogP contribution in [-0.2, 0) is 6.54 Å². The van der Waals surface area contributed by atoms with E-state index in [4.69, 9.17) is 4.74 Å². The van der Waals surface area contributed by atoms with Crippen molar-refractivity contribution in [1.82, 2.24) is 19.6 Å². The molecule has 2 heterocycles. The lowest BCUT2D eigenvalue weighted by molar-refractivity contribution is 0.0715. The van der Waals surface area contributed by atoms with Gasteiger partial charge in [-0.3, -0.25) is 14.3 Å². The first-order valence-electron chi connectivity index (χ1n) is 8.88. The van der Waals surface area contributed by atoms with Crippen LogP contribution in [0.2, 0.25) is 0 Å². The lowest BCUT2D eigenvalue weighted by Gasteiger charge is -2.22. The summed E-state index contributed by atoms with van der Waals surface area (Å²) >= 11 is 0. The highest BCUT2D eigenvalue weighted by atomic mass is 16.5. The van der Waals surface area contributed by atoms with Gasteiger partial charge in [-0.1, -0.05) is 0 Å². The molecule has 138 valence electrons. The predicted octanol–water partition coefficient (Wildman–Crippen LogP) is 1.90. The van der Waals surface area contributed by atoms with Crippen LogP contribution in [0, 0.1) is 0 Å². The number of aryl methyl sites for hydroxylation is 1. The topological polar surface area (TPSA) is 67.7 Å². The zero-order valence-electron chi connectivity index (χ0n) is 15.2. The molecule has 7 nitrogen and oxygen atoms in total. The Labute approximate surface area is 153 Å². The first-order chi connectivity index (χ1) is 12.6. The number of hydrogen-bond acceptors (Lipinski definition) is 4. The third kappa shape index (κ3) is 3.87. The minimum atomic E-state index is -0.0732. The van der Waals surface area contributed by atoms with Crippen molar-refractivity contribution < 1.29 is 14.3 Å². The van der Waals surface area contributed by atoms with Gasteiger partial charge >= 0.3 is 0 Å². The molecule has 1 aliphatic rings. The van der Waals surface area contributed by atoms with Gasteiger partial charge in [0.1, 0.15) is 11.4 Å². The van der Waals surface area contributed by atoms with E-state index < -0.39 is 0 Å². The standard InChI is InChI=1S/C19H24N4O3/c1-3-23-12-9-17(20-23)19(25)22-11-4-10-21(13-14-22)18(24)15-5-7-16(26-2)8-6-15/h5-9,12H,3-4,10-11,13-14H2,1-2H3. The van der Waals surface area contributed by atoms with Crippen LogP contribution in [0.4, 0.5) is 0 Å². The molecule has 26 heavy (non-hydrogen) atoms. The van der Waals surface area contributed by atoms with Gasteiger partial charge in [0.05, 0.1) is 7.11 Å². The average molecular weight is 356 g/mol. The van der Waals surface area contributed by atoms with Crippen molar-refractivity contribution in [2.24, 2.45) is 0 Å². The second kappa shape index (κ2) is 8.03. The van der Waals surface area contributed by atoms with E-state index in [1.54, 1.807) is 51.9 Å². The molecular formula is C19H24N4O3. The molecule has 2 amide bonds. The summed E-state index contributed by atoms with van der Waals surface area (Å²) < 4.78 is 6.87. The van der Waals surface area contributed by atoms with Gasteiger partial charge in [0.2, 0.25) is 0 Å². The van der Waals surface area contributed by atoms with E-state index in [2.05, 4.69) is 5.10 Å². The van der Waals surface area contributed by atoms with Crippen LogP contribution in [-0.4, -0.2) is 64.7 Å². The fraction of sp³-hybridized carbons (Fsp3) is 0.421. The number of methoxy groups -OCH3 is 1. The average Bonchev–Trinajstić information content (AvgIpc) is 3.04. The van der Waals surface area contributed by atoms with Gasteiger partial charge in [-0.2, -0.15) is 5.10 Å². The third-order valence-electron chi connectivity index (χ3n) is 4.59. The number of amides is 2. The number of rotatable bonds is 4. The summed E-state index contributed by atoms with van der Waals surface area (Å²) in [5.41, 5.74) is 1.09. The number of aromatic nitrogens is 2. The minimum Gasteiger partial charge on any atom is -0.497 e. The molecule has 0 bridgehead atoms. The van der Waals surface area contributed by atoms with E-state index in [9.17, 15) is 9.59 Å². The van der Waals surface area contributed by atoms with E-state index in [-0.39, 0.29) is 11.8 Å². The highest BCUT2D eigenvalue weighted by Gasteiger charge is 2.24. The van der Waals surface area contributed by atoms with Crippen LogP contribution >= 0.6 is 0 Å². The van der Waals surface area contributed by atoms with Gasteiger partial charge in [0.25, 0.3) is 11.8 Å². The van der Waals surface area contributed by atoms with Crippen molar-refractivity contribution in [2.75, 3.05) is 33.3 Å². The number of carbonyl (C=O) groups is 2. The maximum atomic E-state index is 12.7. The van der Waals surface area contributed by atoms with Gasteiger partial charge in [-0.25, -0.2) is 0 Å². The molecule has 1 aliphatic heterocycles. The summed E-state index contributed by atoms with van der Waals surface area (Å²) in [5, 5.41) is 4.29. The van der Waals surface area contributed by atoms with Gasteiger partial charge < -0.3 is 14.5 Å². The van der Waals surface area contributed by atoms with Gasteiger partial charge in [0, 0.05) is 44.5 Å². The second-order valence-corrected chi connectivity index (χ2v) is 6.22. The zero-order chi connectivity index (χ0) is 18.5. The quantitative estimate of drug-likeness (QED) is 0.839. The van der Waals surface area contributed by atoms with Crippen molar-refractivity contribution >= 4 is 11.8 Å². The Bertz CT molecular complexity index is 769. The van der Waals surface area contributed by atoms with E-state index in [0.29, 0.717) is 37.4 Å². The van der Waals surface area contributed by atoms with E-state index >= 15 is 0 Å². The molecule has 7 heteroatoms. The molecule has 1 fully saturated rings. The maximum Gasteiger partial charge on any atom is 0.274 e. The molecule has 1 aromatic carbocycles. The molecule has 0 unspecified atom stereocenters. The summed E-state index contributed by atoms with van der Waals surface area (Å²) in [6, 6.07) is 8.85. The van der Waals surface area contributed by atoms with Crippen LogP contribution in [0.5, 0.6) is 5.75 Å². The summed E-state index contributed by atoms with van der Waals surface area (Å²) in [5.74, 6) is 0.633. The number of nitrogens with zero attached hydrogens (tertiary/aromatic N) is 4. The molecule has 1 saturated heterocycles. The number of benzene rings is 1. The van der Waals surface area contributed by atoms with Gasteiger partial charge in [0.15, 0.2) is 0 Å². The first kappa shape index (κ1) is 18.0. The fourth-order valence-corrected chi connectivity index (χ4v) is 3.05. The summed E-state index contributed by atoms with van der Waals surface area (Å²) in [6.07, 6.45) is 2.56. The van der Waals surface area contributed by atoms with E-state index in [1.165, 1.54) is 0 Å². The Morgan fingerprint density at radius 1 is 1.00 bits per heavy atom. The lowest BCUT2D eigenvalue weighted by atomic mass is 10.2. The Balaban J connectivity index is 1.63. The Kier molecular flexibility index (Phi) is 5.55.